The molecule has 0 N–H and O–H groups in total. The number of esters is 1. The van der Waals surface area contributed by atoms with Gasteiger partial charge in [-0.05, 0) is 12.5 Å². The number of rotatable bonds is 8. The van der Waals surface area contributed by atoms with Crippen LogP contribution in [-0.2, 0) is 14.3 Å². The van der Waals surface area contributed by atoms with E-state index in [1.165, 1.54) is 6.08 Å². The van der Waals surface area contributed by atoms with E-state index in [1.54, 1.807) is 0 Å². The lowest BCUT2D eigenvalue weighted by Crippen LogP contribution is -2.09. The van der Waals surface area contributed by atoms with E-state index in [0.29, 0.717) is 6.61 Å². The molecule has 4 heteroatoms. The van der Waals surface area contributed by atoms with Crippen molar-refractivity contribution in [2.45, 2.75) is 19.4 Å². The molecule has 0 aliphatic rings. The molecule has 0 aliphatic carbocycles. The summed E-state index contributed by atoms with van der Waals surface area (Å²) in [5.74, 6) is -0.330. The van der Waals surface area contributed by atoms with Crippen LogP contribution in [0.15, 0.2) is 12.7 Å². The molecule has 0 atom stereocenters. The molecule has 0 saturated heterocycles. The molecule has 0 aromatic heterocycles. The summed E-state index contributed by atoms with van der Waals surface area (Å²) in [6.07, 6.45) is 3.15. The second-order valence-electron chi connectivity index (χ2n) is 2.69. The molecule has 76 valence electrons. The van der Waals surface area contributed by atoms with Crippen LogP contribution in [0.1, 0.15) is 13.3 Å². The minimum Gasteiger partial charge on any atom is -0.463 e. The van der Waals surface area contributed by atoms with Crippen molar-refractivity contribution >= 4 is 15.5 Å². The molecule has 3 nitrogen and oxygen atoms in total. The molecule has 0 spiro atoms. The summed E-state index contributed by atoms with van der Waals surface area (Å²) in [6.45, 7) is 6.77. The van der Waals surface area contributed by atoms with Crippen LogP contribution in [0.3, 0.4) is 0 Å². The van der Waals surface area contributed by atoms with E-state index in [1.807, 2.05) is 0 Å². The van der Waals surface area contributed by atoms with Crippen LogP contribution in [0.4, 0.5) is 0 Å². The van der Waals surface area contributed by atoms with Crippen LogP contribution < -0.4 is 0 Å². The summed E-state index contributed by atoms with van der Waals surface area (Å²) in [5, 5.41) is 0. The van der Waals surface area contributed by atoms with Gasteiger partial charge in [0.2, 0.25) is 0 Å². The third kappa shape index (κ3) is 9.30. The van der Waals surface area contributed by atoms with E-state index in [0.717, 1.165) is 25.3 Å². The normalized spacial score (nSPS) is 10.5. The Morgan fingerprint density at radius 1 is 1.54 bits per heavy atom. The first-order valence-electron chi connectivity index (χ1n) is 4.68. The van der Waals surface area contributed by atoms with Gasteiger partial charge in [-0.25, -0.2) is 4.79 Å². The Balaban J connectivity index is 2.99. The predicted octanol–water partition coefficient (Wildman–Crippen LogP) is 0.687. The Labute approximate surface area is 81.9 Å². The number of carbonyl (C=O) groups is 1. The third-order valence-electron chi connectivity index (χ3n) is 1.44. The van der Waals surface area contributed by atoms with E-state index >= 15 is 0 Å². The Kier molecular flexibility index (Phi) is 9.03. The molecule has 0 radical (unpaired) electrons. The van der Waals surface area contributed by atoms with Gasteiger partial charge in [-0.3, -0.25) is 0 Å². The molecule has 0 bridgehead atoms. The summed E-state index contributed by atoms with van der Waals surface area (Å²) in [5.41, 5.74) is 0. The monoisotopic (exact) mass is 202 g/mol. The van der Waals surface area contributed by atoms with E-state index in [-0.39, 0.29) is 15.5 Å². The molecule has 0 aliphatic heterocycles. The Morgan fingerprint density at radius 2 is 2.31 bits per heavy atom. The molecule has 13 heavy (non-hydrogen) atoms. The number of hydrogen-bond acceptors (Lipinski definition) is 3. The van der Waals surface area contributed by atoms with Crippen molar-refractivity contribution in [2.24, 2.45) is 0 Å². The first-order chi connectivity index (χ1) is 6.31. The fourth-order valence-electron chi connectivity index (χ4n) is 0.784. The molecule has 0 unspecified atom stereocenters. The van der Waals surface area contributed by atoms with E-state index < -0.39 is 0 Å². The number of hydrogen-bond donors (Lipinski definition) is 0. The fraction of sp³-hybridized carbons (Fsp3) is 0.667. The second kappa shape index (κ2) is 9.47. The van der Waals surface area contributed by atoms with Gasteiger partial charge in [-0.1, -0.05) is 13.5 Å². The Hall–Kier alpha value is -0.613. The van der Waals surface area contributed by atoms with Crippen molar-refractivity contribution in [2.75, 3.05) is 19.4 Å². The Morgan fingerprint density at radius 3 is 2.92 bits per heavy atom. The average molecular weight is 202 g/mol. The van der Waals surface area contributed by atoms with Crippen molar-refractivity contribution in [3.8, 4) is 0 Å². The number of ether oxygens (including phenoxy) is 2. The van der Waals surface area contributed by atoms with Crippen molar-refractivity contribution in [1.82, 2.24) is 0 Å². The van der Waals surface area contributed by atoms with Gasteiger partial charge < -0.3 is 9.47 Å². The average Bonchev–Trinajstić information content (AvgIpc) is 2.16. The molecule has 0 amide bonds. The van der Waals surface area contributed by atoms with Gasteiger partial charge >= 0.3 is 5.97 Å². The molecule has 0 heterocycles. The van der Waals surface area contributed by atoms with E-state index in [4.69, 9.17) is 9.47 Å². The molecule has 0 fully saturated rings. The van der Waals surface area contributed by atoms with Gasteiger partial charge in [0, 0.05) is 18.9 Å². The second-order valence-corrected chi connectivity index (χ2v) is 4.51. The minimum absolute atomic E-state index is 0.193. The van der Waals surface area contributed by atoms with Gasteiger partial charge in [0.1, 0.15) is 0 Å². The van der Waals surface area contributed by atoms with Crippen LogP contribution in [0.5, 0.6) is 0 Å². The van der Waals surface area contributed by atoms with Gasteiger partial charge in [0.25, 0.3) is 0 Å². The number of carbonyl (C=O) groups excluding carboxylic acids is 1. The first-order valence-corrected chi connectivity index (χ1v) is 6.68. The largest absolute Gasteiger partial charge is 0.463 e. The maximum absolute atomic E-state index is 10.6. The minimum atomic E-state index is -0.330. The van der Waals surface area contributed by atoms with Gasteiger partial charge in [-0.2, -0.15) is 0 Å². The zero-order chi connectivity index (χ0) is 9.94. The smallest absolute Gasteiger partial charge is 0.330 e. The summed E-state index contributed by atoms with van der Waals surface area (Å²) in [4.78, 5) is 10.6. The third-order valence-corrected chi connectivity index (χ3v) is 2.81. The summed E-state index contributed by atoms with van der Waals surface area (Å²) < 4.78 is 10.1. The highest BCUT2D eigenvalue weighted by Crippen LogP contribution is 1.86. The van der Waals surface area contributed by atoms with Gasteiger partial charge in [0.05, 0.1) is 16.1 Å². The van der Waals surface area contributed by atoms with E-state index in [2.05, 4.69) is 13.5 Å². The summed E-state index contributed by atoms with van der Waals surface area (Å²) in [6, 6.07) is 0.989. The fourth-order valence-corrected chi connectivity index (χ4v) is 1.75. The first kappa shape index (κ1) is 12.4. The van der Waals surface area contributed by atoms with Crippen LogP contribution in [0.25, 0.3) is 0 Å². The van der Waals surface area contributed by atoms with Crippen LogP contribution >= 0.6 is 0 Å². The summed E-state index contributed by atoms with van der Waals surface area (Å²) in [7, 11) is -0.193. The molecular formula is C9H18O3Si. The highest BCUT2D eigenvalue weighted by atomic mass is 28.2. The van der Waals surface area contributed by atoms with Gasteiger partial charge in [0.15, 0.2) is 0 Å². The van der Waals surface area contributed by atoms with E-state index in [9.17, 15) is 4.79 Å². The molecule has 0 aromatic rings. The topological polar surface area (TPSA) is 35.5 Å². The lowest BCUT2D eigenvalue weighted by atomic mass is 10.5. The predicted molar refractivity (Wildman–Crippen MR) is 55.6 cm³/mol. The molecule has 0 rings (SSSR count). The van der Waals surface area contributed by atoms with Gasteiger partial charge in [-0.15, -0.1) is 0 Å². The van der Waals surface area contributed by atoms with Crippen molar-refractivity contribution in [3.63, 3.8) is 0 Å². The lowest BCUT2D eigenvalue weighted by Gasteiger charge is -2.02. The maximum Gasteiger partial charge on any atom is 0.330 e. The van der Waals surface area contributed by atoms with Crippen molar-refractivity contribution in [1.29, 1.82) is 0 Å². The SMILES string of the molecule is C=CC(=O)OCC[SiH2]COCCC. The highest BCUT2D eigenvalue weighted by molar-refractivity contribution is 6.35. The molecule has 0 saturated carbocycles. The summed E-state index contributed by atoms with van der Waals surface area (Å²) >= 11 is 0. The molecular weight excluding hydrogens is 184 g/mol. The highest BCUT2D eigenvalue weighted by Gasteiger charge is 1.95. The maximum atomic E-state index is 10.6. The molecule has 0 aromatic carbocycles. The Bertz CT molecular complexity index is 148. The van der Waals surface area contributed by atoms with Crippen LogP contribution in [0, 0.1) is 0 Å². The zero-order valence-corrected chi connectivity index (χ0v) is 9.67. The van der Waals surface area contributed by atoms with Crippen molar-refractivity contribution < 1.29 is 14.3 Å². The quantitative estimate of drug-likeness (QED) is 0.251. The zero-order valence-electron chi connectivity index (χ0n) is 8.25. The standard InChI is InChI=1S/C9H18O3Si/c1-3-5-11-8-13-7-6-12-9(10)4-2/h4H,2-3,5-8,13H2,1H3. The van der Waals surface area contributed by atoms with Crippen LogP contribution in [-0.4, -0.2) is 34.9 Å². The lowest BCUT2D eigenvalue weighted by molar-refractivity contribution is -0.137. The van der Waals surface area contributed by atoms with Crippen LogP contribution in [0.2, 0.25) is 6.04 Å². The van der Waals surface area contributed by atoms with Crippen molar-refractivity contribution in [3.05, 3.63) is 12.7 Å².